The summed E-state index contributed by atoms with van der Waals surface area (Å²) < 4.78 is 0. The number of amides is 1. The van der Waals surface area contributed by atoms with Crippen molar-refractivity contribution < 1.29 is 4.79 Å². The highest BCUT2D eigenvalue weighted by Crippen LogP contribution is 2.38. The Kier molecular flexibility index (Phi) is 3.74. The average molecular weight is 274 g/mol. The lowest BCUT2D eigenvalue weighted by Gasteiger charge is -2.19. The van der Waals surface area contributed by atoms with E-state index in [1.807, 2.05) is 6.07 Å². The smallest absolute Gasteiger partial charge is 0.244 e. The molecule has 4 nitrogen and oxygen atoms in total. The highest BCUT2D eigenvalue weighted by atomic mass is 35.5. The van der Waals surface area contributed by atoms with Crippen LogP contribution in [0.1, 0.15) is 31.2 Å². The lowest BCUT2D eigenvalue weighted by Crippen LogP contribution is -2.32. The standard InChI is InChI=1S/C14H12ClN3O/c15-12-7-11(4-3-10(12)8-16)18-13(19)14(9-17)5-1-2-6-14/h3-4,7H,1-2,5-6H2,(H,18,19). The van der Waals surface area contributed by atoms with E-state index < -0.39 is 5.41 Å². The molecule has 0 unspecified atom stereocenters. The van der Waals surface area contributed by atoms with Crippen LogP contribution in [0.4, 0.5) is 5.69 Å². The molecule has 2 rings (SSSR count). The first-order chi connectivity index (χ1) is 9.11. The van der Waals surface area contributed by atoms with Crippen LogP contribution in [0.5, 0.6) is 0 Å². The maximum absolute atomic E-state index is 12.2. The van der Waals surface area contributed by atoms with Gasteiger partial charge < -0.3 is 5.32 Å². The van der Waals surface area contributed by atoms with E-state index in [1.165, 1.54) is 6.07 Å². The molecule has 0 bridgehead atoms. The summed E-state index contributed by atoms with van der Waals surface area (Å²) in [4.78, 5) is 12.2. The van der Waals surface area contributed by atoms with Crippen molar-refractivity contribution in [1.82, 2.24) is 0 Å². The number of hydrogen-bond acceptors (Lipinski definition) is 3. The quantitative estimate of drug-likeness (QED) is 0.898. The molecule has 0 aliphatic heterocycles. The maximum Gasteiger partial charge on any atom is 0.244 e. The van der Waals surface area contributed by atoms with E-state index in [9.17, 15) is 10.1 Å². The molecule has 5 heteroatoms. The number of carbonyl (C=O) groups is 1. The first-order valence-electron chi connectivity index (χ1n) is 6.04. The average Bonchev–Trinajstić information content (AvgIpc) is 2.89. The van der Waals surface area contributed by atoms with Crippen molar-refractivity contribution in [3.63, 3.8) is 0 Å². The van der Waals surface area contributed by atoms with E-state index >= 15 is 0 Å². The normalized spacial score (nSPS) is 16.4. The summed E-state index contributed by atoms with van der Waals surface area (Å²) in [5, 5.41) is 21.0. The molecular weight excluding hydrogens is 262 g/mol. The van der Waals surface area contributed by atoms with E-state index in [4.69, 9.17) is 16.9 Å². The highest BCUT2D eigenvalue weighted by Gasteiger charge is 2.41. The monoisotopic (exact) mass is 273 g/mol. The minimum atomic E-state index is -0.916. The van der Waals surface area contributed by atoms with Gasteiger partial charge in [0, 0.05) is 5.69 Å². The first-order valence-corrected chi connectivity index (χ1v) is 6.41. The van der Waals surface area contributed by atoms with Gasteiger partial charge in [0.2, 0.25) is 5.91 Å². The van der Waals surface area contributed by atoms with Crippen LogP contribution in [0.25, 0.3) is 0 Å². The van der Waals surface area contributed by atoms with Crippen molar-refractivity contribution in [2.24, 2.45) is 5.41 Å². The van der Waals surface area contributed by atoms with Crippen molar-refractivity contribution >= 4 is 23.2 Å². The number of carbonyl (C=O) groups excluding carboxylic acids is 1. The third-order valence-electron chi connectivity index (χ3n) is 3.45. The van der Waals surface area contributed by atoms with Gasteiger partial charge in [-0.15, -0.1) is 0 Å². The fourth-order valence-corrected chi connectivity index (χ4v) is 2.53. The molecule has 0 radical (unpaired) electrons. The Hall–Kier alpha value is -2.04. The summed E-state index contributed by atoms with van der Waals surface area (Å²) in [7, 11) is 0. The van der Waals surface area contributed by atoms with E-state index in [0.29, 0.717) is 24.1 Å². The van der Waals surface area contributed by atoms with Gasteiger partial charge in [-0.25, -0.2) is 0 Å². The Bertz CT molecular complexity index is 592. The largest absolute Gasteiger partial charge is 0.325 e. The van der Waals surface area contributed by atoms with Gasteiger partial charge in [-0.05, 0) is 31.0 Å². The maximum atomic E-state index is 12.2. The summed E-state index contributed by atoms with van der Waals surface area (Å²) in [6.45, 7) is 0. The van der Waals surface area contributed by atoms with Crippen LogP contribution in [-0.2, 0) is 4.79 Å². The number of hydrogen-bond donors (Lipinski definition) is 1. The zero-order valence-electron chi connectivity index (χ0n) is 10.2. The lowest BCUT2D eigenvalue weighted by molar-refractivity contribution is -0.122. The summed E-state index contributed by atoms with van der Waals surface area (Å²) >= 11 is 5.90. The zero-order valence-corrected chi connectivity index (χ0v) is 11.0. The molecule has 0 heterocycles. The fourth-order valence-electron chi connectivity index (χ4n) is 2.30. The number of halogens is 1. The minimum Gasteiger partial charge on any atom is -0.325 e. The van der Waals surface area contributed by atoms with E-state index in [-0.39, 0.29) is 10.9 Å². The molecule has 0 atom stereocenters. The molecule has 0 spiro atoms. The third-order valence-corrected chi connectivity index (χ3v) is 3.77. The first kappa shape index (κ1) is 13.4. The van der Waals surface area contributed by atoms with Crippen LogP contribution in [0.3, 0.4) is 0 Å². The predicted octanol–water partition coefficient (Wildman–Crippen LogP) is 3.23. The van der Waals surface area contributed by atoms with Gasteiger partial charge in [0.05, 0.1) is 16.7 Å². The number of anilines is 1. The van der Waals surface area contributed by atoms with Crippen molar-refractivity contribution in [1.29, 1.82) is 10.5 Å². The van der Waals surface area contributed by atoms with Crippen LogP contribution < -0.4 is 5.32 Å². The molecule has 19 heavy (non-hydrogen) atoms. The molecule has 0 saturated heterocycles. The number of benzene rings is 1. The number of nitrogens with zero attached hydrogens (tertiary/aromatic N) is 2. The highest BCUT2D eigenvalue weighted by molar-refractivity contribution is 6.32. The van der Waals surface area contributed by atoms with Crippen molar-refractivity contribution in [3.8, 4) is 12.1 Å². The molecule has 1 aromatic rings. The van der Waals surface area contributed by atoms with Gasteiger partial charge in [0.25, 0.3) is 0 Å². The van der Waals surface area contributed by atoms with Gasteiger partial charge in [-0.2, -0.15) is 10.5 Å². The van der Waals surface area contributed by atoms with Crippen LogP contribution >= 0.6 is 11.6 Å². The summed E-state index contributed by atoms with van der Waals surface area (Å²) in [6, 6.07) is 8.78. The minimum absolute atomic E-state index is 0.284. The fraction of sp³-hybridized carbons (Fsp3) is 0.357. The second-order valence-corrected chi connectivity index (χ2v) is 5.07. The van der Waals surface area contributed by atoms with Gasteiger partial charge >= 0.3 is 0 Å². The van der Waals surface area contributed by atoms with Crippen LogP contribution in [-0.4, -0.2) is 5.91 Å². The Morgan fingerprint density at radius 1 is 1.32 bits per heavy atom. The summed E-state index contributed by atoms with van der Waals surface area (Å²) in [5.41, 5.74) is -0.0496. The molecule has 1 saturated carbocycles. The Balaban J connectivity index is 2.18. The van der Waals surface area contributed by atoms with Crippen molar-refractivity contribution in [2.45, 2.75) is 25.7 Å². The van der Waals surface area contributed by atoms with E-state index in [0.717, 1.165) is 12.8 Å². The van der Waals surface area contributed by atoms with Crippen molar-refractivity contribution in [3.05, 3.63) is 28.8 Å². The van der Waals surface area contributed by atoms with E-state index in [1.54, 1.807) is 12.1 Å². The molecule has 96 valence electrons. The third kappa shape index (κ3) is 2.54. The van der Waals surface area contributed by atoms with Crippen LogP contribution in [0, 0.1) is 28.1 Å². The Morgan fingerprint density at radius 2 is 2.00 bits per heavy atom. The van der Waals surface area contributed by atoms with Gasteiger partial charge in [-0.3, -0.25) is 4.79 Å². The number of nitrogens with one attached hydrogen (secondary N) is 1. The van der Waals surface area contributed by atoms with Gasteiger partial charge in [-0.1, -0.05) is 24.4 Å². The molecule has 1 aromatic carbocycles. The molecule has 1 fully saturated rings. The topological polar surface area (TPSA) is 76.7 Å². The summed E-state index contributed by atoms with van der Waals surface area (Å²) in [5.74, 6) is -0.284. The Morgan fingerprint density at radius 3 is 2.53 bits per heavy atom. The van der Waals surface area contributed by atoms with Gasteiger partial charge in [0.15, 0.2) is 0 Å². The summed E-state index contributed by atoms with van der Waals surface area (Å²) in [6.07, 6.45) is 2.99. The predicted molar refractivity (Wildman–Crippen MR) is 71.3 cm³/mol. The molecular formula is C14H12ClN3O. The van der Waals surface area contributed by atoms with Crippen LogP contribution in [0.2, 0.25) is 5.02 Å². The van der Waals surface area contributed by atoms with E-state index in [2.05, 4.69) is 11.4 Å². The lowest BCUT2D eigenvalue weighted by atomic mass is 9.87. The SMILES string of the molecule is N#Cc1ccc(NC(=O)C2(C#N)CCCC2)cc1Cl. The van der Waals surface area contributed by atoms with Crippen LogP contribution in [0.15, 0.2) is 18.2 Å². The molecule has 1 aliphatic carbocycles. The second-order valence-electron chi connectivity index (χ2n) is 4.66. The molecule has 1 aliphatic rings. The number of nitriles is 2. The molecule has 0 aromatic heterocycles. The van der Waals surface area contributed by atoms with Gasteiger partial charge in [0.1, 0.15) is 11.5 Å². The van der Waals surface area contributed by atoms with Crippen molar-refractivity contribution in [2.75, 3.05) is 5.32 Å². The number of rotatable bonds is 2. The second kappa shape index (κ2) is 5.30. The molecule has 1 N–H and O–H groups in total. The zero-order chi connectivity index (χ0) is 13.9. The molecule has 1 amide bonds. The Labute approximate surface area is 116 Å².